The van der Waals surface area contributed by atoms with Gasteiger partial charge in [-0.3, -0.25) is 10.1 Å². The van der Waals surface area contributed by atoms with Crippen LogP contribution in [0.3, 0.4) is 0 Å². The molecule has 2 heterocycles. The predicted octanol–water partition coefficient (Wildman–Crippen LogP) is 5.81. The van der Waals surface area contributed by atoms with Gasteiger partial charge in [-0.25, -0.2) is 9.78 Å². The average Bonchev–Trinajstić information content (AvgIpc) is 3.27. The number of aromatic nitrogens is 1. The molecule has 0 spiro atoms. The summed E-state index contributed by atoms with van der Waals surface area (Å²) in [5.74, 6) is 0.903. The van der Waals surface area contributed by atoms with Crippen molar-refractivity contribution < 1.29 is 18.7 Å². The van der Waals surface area contributed by atoms with Gasteiger partial charge in [0.1, 0.15) is 17.1 Å². The number of ether oxygens (including phenoxy) is 2. The molecule has 0 radical (unpaired) electrons. The van der Waals surface area contributed by atoms with Crippen LogP contribution in [0.15, 0.2) is 63.1 Å². The van der Waals surface area contributed by atoms with E-state index in [2.05, 4.69) is 17.2 Å². The smallest absolute Gasteiger partial charge is 0.336 e. The summed E-state index contributed by atoms with van der Waals surface area (Å²) < 4.78 is 16.8. The van der Waals surface area contributed by atoms with E-state index >= 15 is 0 Å². The van der Waals surface area contributed by atoms with Crippen molar-refractivity contribution in [2.24, 2.45) is 0 Å². The number of rotatable bonds is 9. The Balaban J connectivity index is 1.40. The van der Waals surface area contributed by atoms with Crippen LogP contribution < -0.4 is 20.4 Å². The van der Waals surface area contributed by atoms with E-state index in [1.165, 1.54) is 17.4 Å². The van der Waals surface area contributed by atoms with Crippen LogP contribution in [0.4, 0.5) is 5.13 Å². The number of hydrogen-bond acceptors (Lipinski definition) is 7. The molecule has 176 valence electrons. The normalized spacial score (nSPS) is 11.9. The van der Waals surface area contributed by atoms with Gasteiger partial charge >= 0.3 is 5.63 Å². The van der Waals surface area contributed by atoms with Gasteiger partial charge < -0.3 is 13.9 Å². The van der Waals surface area contributed by atoms with Crippen molar-refractivity contribution in [1.29, 1.82) is 0 Å². The molecule has 0 bridgehead atoms. The minimum absolute atomic E-state index is 0.330. The lowest BCUT2D eigenvalue weighted by Gasteiger charge is -2.14. The van der Waals surface area contributed by atoms with E-state index in [1.807, 2.05) is 36.6 Å². The van der Waals surface area contributed by atoms with Gasteiger partial charge in [-0.15, -0.1) is 11.3 Å². The second kappa shape index (κ2) is 10.5. The van der Waals surface area contributed by atoms with Crippen LogP contribution in [0.25, 0.3) is 22.2 Å². The van der Waals surface area contributed by atoms with E-state index < -0.39 is 11.7 Å². The van der Waals surface area contributed by atoms with E-state index in [4.69, 9.17) is 13.9 Å². The molecule has 1 amide bonds. The Morgan fingerprint density at radius 3 is 2.85 bits per heavy atom. The number of carbonyl (C=O) groups excluding carboxylic acids is 1. The van der Waals surface area contributed by atoms with E-state index in [1.54, 1.807) is 25.1 Å². The zero-order valence-electron chi connectivity index (χ0n) is 19.3. The lowest BCUT2D eigenvalue weighted by Crippen LogP contribution is -2.30. The van der Waals surface area contributed by atoms with Gasteiger partial charge in [-0.05, 0) is 50.1 Å². The Morgan fingerprint density at radius 2 is 2.03 bits per heavy atom. The predicted molar refractivity (Wildman–Crippen MR) is 134 cm³/mol. The number of benzene rings is 2. The summed E-state index contributed by atoms with van der Waals surface area (Å²) in [6.07, 6.45) is 1.30. The van der Waals surface area contributed by atoms with Crippen molar-refractivity contribution in [2.45, 2.75) is 39.7 Å². The number of amides is 1. The van der Waals surface area contributed by atoms with Crippen molar-refractivity contribution >= 4 is 33.3 Å². The molecule has 0 fully saturated rings. The summed E-state index contributed by atoms with van der Waals surface area (Å²) in [7, 11) is 0. The van der Waals surface area contributed by atoms with Crippen molar-refractivity contribution in [3.8, 4) is 22.8 Å². The van der Waals surface area contributed by atoms with Crippen molar-refractivity contribution in [2.75, 3.05) is 11.9 Å². The number of fused-ring (bicyclic) bond motifs is 1. The standard InChI is InChI=1S/C26H26N2O5S/c1-4-5-11-31-19-8-6-7-18(13-19)22-15-34-26(27-22)28-25(30)17(3)32-20-9-10-21-16(2)12-24(29)33-23(21)14-20/h6-10,12-15,17H,4-5,11H2,1-3H3,(H,27,28,30). The molecule has 1 N–H and O–H groups in total. The van der Waals surface area contributed by atoms with Crippen LogP contribution in [0.1, 0.15) is 32.3 Å². The first kappa shape index (κ1) is 23.5. The lowest BCUT2D eigenvalue weighted by molar-refractivity contribution is -0.122. The summed E-state index contributed by atoms with van der Waals surface area (Å²) in [5, 5.41) is 5.99. The second-order valence-corrected chi connectivity index (χ2v) is 8.78. The average molecular weight is 479 g/mol. The molecular formula is C26H26N2O5S. The highest BCUT2D eigenvalue weighted by atomic mass is 32.1. The number of thiazole rings is 1. The van der Waals surface area contributed by atoms with Crippen LogP contribution in [-0.2, 0) is 4.79 Å². The van der Waals surface area contributed by atoms with Crippen molar-refractivity contribution in [3.63, 3.8) is 0 Å². The molecule has 0 aliphatic heterocycles. The number of aryl methyl sites for hydroxylation is 1. The third kappa shape index (κ3) is 5.63. The highest BCUT2D eigenvalue weighted by Crippen LogP contribution is 2.28. The molecule has 4 aromatic rings. The quantitative estimate of drug-likeness (QED) is 0.241. The van der Waals surface area contributed by atoms with E-state index in [-0.39, 0.29) is 5.91 Å². The second-order valence-electron chi connectivity index (χ2n) is 7.92. The molecule has 0 aliphatic rings. The molecule has 4 rings (SSSR count). The minimum atomic E-state index is -0.781. The number of carbonyl (C=O) groups is 1. The zero-order valence-corrected chi connectivity index (χ0v) is 20.1. The first-order valence-corrected chi connectivity index (χ1v) is 12.0. The molecule has 7 nitrogen and oxygen atoms in total. The summed E-state index contributed by atoms with van der Waals surface area (Å²) in [4.78, 5) is 28.9. The monoisotopic (exact) mass is 478 g/mol. The summed E-state index contributed by atoms with van der Waals surface area (Å²) in [5.41, 5.74) is 2.49. The highest BCUT2D eigenvalue weighted by molar-refractivity contribution is 7.14. The largest absolute Gasteiger partial charge is 0.494 e. The maximum absolute atomic E-state index is 12.7. The zero-order chi connectivity index (χ0) is 24.1. The van der Waals surface area contributed by atoms with Gasteiger partial charge in [0.15, 0.2) is 11.2 Å². The first-order chi connectivity index (χ1) is 16.4. The molecule has 34 heavy (non-hydrogen) atoms. The maximum atomic E-state index is 12.7. The Kier molecular flexibility index (Phi) is 7.27. The first-order valence-electron chi connectivity index (χ1n) is 11.1. The van der Waals surface area contributed by atoms with Gasteiger partial charge in [-0.1, -0.05) is 25.5 Å². The lowest BCUT2D eigenvalue weighted by atomic mass is 10.1. The fourth-order valence-corrected chi connectivity index (χ4v) is 4.11. The highest BCUT2D eigenvalue weighted by Gasteiger charge is 2.17. The SMILES string of the molecule is CCCCOc1cccc(-c2csc(NC(=O)C(C)Oc3ccc4c(C)cc(=O)oc4c3)n2)c1. The third-order valence-corrected chi connectivity index (χ3v) is 5.99. The fourth-order valence-electron chi connectivity index (χ4n) is 3.39. The molecule has 2 aromatic carbocycles. The fraction of sp³-hybridized carbons (Fsp3) is 0.269. The maximum Gasteiger partial charge on any atom is 0.336 e. The van der Waals surface area contributed by atoms with Crippen molar-refractivity contribution in [3.05, 3.63) is 69.9 Å². The van der Waals surface area contributed by atoms with Gasteiger partial charge in [-0.2, -0.15) is 0 Å². The number of nitrogens with zero attached hydrogens (tertiary/aromatic N) is 1. The number of unbranched alkanes of at least 4 members (excludes halogenated alkanes) is 1. The molecule has 1 atom stereocenters. The topological polar surface area (TPSA) is 90.7 Å². The van der Waals surface area contributed by atoms with Gasteiger partial charge in [0.2, 0.25) is 0 Å². The van der Waals surface area contributed by atoms with Gasteiger partial charge in [0.25, 0.3) is 5.91 Å². The molecular weight excluding hydrogens is 452 g/mol. The molecule has 8 heteroatoms. The number of hydrogen-bond donors (Lipinski definition) is 1. The summed E-state index contributed by atoms with van der Waals surface area (Å²) in [6, 6.07) is 14.4. The van der Waals surface area contributed by atoms with Crippen LogP contribution in [0.2, 0.25) is 0 Å². The van der Waals surface area contributed by atoms with Crippen LogP contribution in [-0.4, -0.2) is 23.6 Å². The number of anilines is 1. The van der Waals surface area contributed by atoms with E-state index in [0.29, 0.717) is 23.1 Å². The Hall–Kier alpha value is -3.65. The Labute approximate surface area is 201 Å². The van der Waals surface area contributed by atoms with E-state index in [0.717, 1.165) is 40.8 Å². The van der Waals surface area contributed by atoms with Crippen LogP contribution in [0, 0.1) is 6.92 Å². The van der Waals surface area contributed by atoms with Gasteiger partial charge in [0.05, 0.1) is 12.3 Å². The molecule has 0 saturated carbocycles. The molecule has 0 saturated heterocycles. The minimum Gasteiger partial charge on any atom is -0.494 e. The van der Waals surface area contributed by atoms with Gasteiger partial charge in [0, 0.05) is 28.5 Å². The van der Waals surface area contributed by atoms with E-state index in [9.17, 15) is 9.59 Å². The molecule has 2 aromatic heterocycles. The van der Waals surface area contributed by atoms with Crippen LogP contribution in [0.5, 0.6) is 11.5 Å². The number of nitrogens with one attached hydrogen (secondary N) is 1. The Bertz CT molecular complexity index is 1360. The van der Waals surface area contributed by atoms with Crippen LogP contribution >= 0.6 is 11.3 Å². The molecule has 0 aliphatic carbocycles. The summed E-state index contributed by atoms with van der Waals surface area (Å²) >= 11 is 1.34. The molecule has 1 unspecified atom stereocenters. The van der Waals surface area contributed by atoms with Crippen molar-refractivity contribution in [1.82, 2.24) is 4.98 Å². The third-order valence-electron chi connectivity index (χ3n) is 5.24. The Morgan fingerprint density at radius 1 is 1.18 bits per heavy atom. The summed E-state index contributed by atoms with van der Waals surface area (Å²) in [6.45, 7) is 6.29.